The monoisotopic (exact) mass is 473 g/mol. The molecule has 4 atom stereocenters. The summed E-state index contributed by atoms with van der Waals surface area (Å²) in [5.41, 5.74) is 3.42. The van der Waals surface area contributed by atoms with Gasteiger partial charge in [-0.25, -0.2) is 4.98 Å². The van der Waals surface area contributed by atoms with Crippen molar-refractivity contribution in [2.75, 3.05) is 0 Å². The zero-order valence-corrected chi connectivity index (χ0v) is 21.5. The van der Waals surface area contributed by atoms with Gasteiger partial charge >= 0.3 is 0 Å². The van der Waals surface area contributed by atoms with E-state index in [2.05, 4.69) is 66.8 Å². The number of rotatable bonds is 4. The molecule has 1 saturated carbocycles. The van der Waals surface area contributed by atoms with E-state index in [4.69, 9.17) is 0 Å². The number of likely N-dealkylation sites (tertiary alicyclic amines) is 1. The lowest BCUT2D eigenvalue weighted by molar-refractivity contribution is -0.138. The van der Waals surface area contributed by atoms with Crippen molar-refractivity contribution in [1.29, 1.82) is 0 Å². The van der Waals surface area contributed by atoms with Crippen molar-refractivity contribution < 1.29 is 4.79 Å². The van der Waals surface area contributed by atoms with Crippen LogP contribution in [0.4, 0.5) is 0 Å². The first-order valence-electron chi connectivity index (χ1n) is 9.40. The maximum Gasteiger partial charge on any atom is 0.226 e. The fourth-order valence-corrected chi connectivity index (χ4v) is 3.92. The van der Waals surface area contributed by atoms with Crippen molar-refractivity contribution in [1.82, 2.24) is 14.9 Å². The number of fused-ring (bicyclic) bond motifs is 1. The van der Waals surface area contributed by atoms with Crippen LogP contribution >= 0.6 is 54.0 Å². The highest BCUT2D eigenvalue weighted by Gasteiger charge is 2.55. The summed E-state index contributed by atoms with van der Waals surface area (Å²) in [7, 11) is 0. The number of aromatic amines is 1. The number of aryl methyl sites for hydroxylation is 1. The average Bonchev–Trinajstić information content (AvgIpc) is 3.04. The molecule has 2 aliphatic rings. The lowest BCUT2D eigenvalue weighted by Crippen LogP contribution is -2.39. The second-order valence-corrected chi connectivity index (χ2v) is 8.14. The first-order chi connectivity index (χ1) is 12.0. The van der Waals surface area contributed by atoms with Crippen LogP contribution in [0.25, 0.3) is 11.3 Å². The first kappa shape index (κ1) is 28.3. The summed E-state index contributed by atoms with van der Waals surface area (Å²) in [6.07, 6.45) is 4.11. The van der Waals surface area contributed by atoms with Gasteiger partial charge in [-0.1, -0.05) is 50.6 Å². The third kappa shape index (κ3) is 5.51. The van der Waals surface area contributed by atoms with E-state index in [1.54, 1.807) is 0 Å². The molecule has 1 aromatic carbocycles. The van der Waals surface area contributed by atoms with Crippen LogP contribution in [0, 0.1) is 24.7 Å². The van der Waals surface area contributed by atoms with E-state index in [1.807, 2.05) is 6.20 Å². The molecule has 4 nitrogen and oxygen atoms in total. The van der Waals surface area contributed by atoms with Gasteiger partial charge in [0.1, 0.15) is 5.82 Å². The topological polar surface area (TPSA) is 49.0 Å². The molecule has 0 radical (unpaired) electrons. The molecule has 1 aliphatic heterocycles. The molecular weight excluding hydrogens is 439 g/mol. The first-order valence-corrected chi connectivity index (χ1v) is 9.40. The van der Waals surface area contributed by atoms with E-state index in [0.29, 0.717) is 23.8 Å². The summed E-state index contributed by atoms with van der Waals surface area (Å²) in [4.78, 5) is 23.3. The van der Waals surface area contributed by atoms with Gasteiger partial charge in [0.2, 0.25) is 5.91 Å². The zero-order chi connectivity index (χ0) is 17.7. The molecule has 8 heteroatoms. The Morgan fingerprint density at radius 1 is 1.07 bits per heavy atom. The average molecular weight is 474 g/mol. The predicted octanol–water partition coefficient (Wildman–Crippen LogP) is 4.79. The number of piperidine rings is 1. The number of carbonyl (C=O) groups excluding carboxylic acids is 1. The molecule has 2 heterocycles. The van der Waals surface area contributed by atoms with Crippen LogP contribution < -0.4 is 0 Å². The van der Waals surface area contributed by atoms with Crippen LogP contribution in [0.2, 0.25) is 0 Å². The summed E-state index contributed by atoms with van der Waals surface area (Å²) < 4.78 is 0. The van der Waals surface area contributed by atoms with Crippen molar-refractivity contribution >= 4 is 59.9 Å². The second kappa shape index (κ2) is 11.1. The van der Waals surface area contributed by atoms with E-state index in [-0.39, 0.29) is 65.9 Å². The lowest BCUT2D eigenvalue weighted by atomic mass is 9.96. The number of hydrogen-bond acceptors (Lipinski definition) is 2. The third-order valence-electron chi connectivity index (χ3n) is 6.02. The smallest absolute Gasteiger partial charge is 0.226 e. The Kier molecular flexibility index (Phi) is 10.8. The van der Waals surface area contributed by atoms with Crippen molar-refractivity contribution in [3.63, 3.8) is 0 Å². The third-order valence-corrected chi connectivity index (χ3v) is 6.02. The number of hydrogen-bond donors (Lipinski definition) is 1. The maximum absolute atomic E-state index is 13.0. The predicted molar refractivity (Wildman–Crippen MR) is 140 cm³/mol. The van der Waals surface area contributed by atoms with Crippen LogP contribution in [0.1, 0.15) is 51.0 Å². The molecule has 164 valence electrons. The Morgan fingerprint density at radius 2 is 1.69 bits per heavy atom. The van der Waals surface area contributed by atoms with Gasteiger partial charge in [-0.15, -0.1) is 0 Å². The molecule has 1 amide bonds. The van der Waals surface area contributed by atoms with Gasteiger partial charge in [0, 0.05) is 12.0 Å². The quantitative estimate of drug-likeness (QED) is 0.694. The molecule has 4 rings (SSSR count). The lowest BCUT2D eigenvalue weighted by Gasteiger charge is -2.30. The highest BCUT2D eigenvalue weighted by Crippen LogP contribution is 2.53. The largest absolute Gasteiger partial charge is 0.340 e. The van der Waals surface area contributed by atoms with Crippen LogP contribution in [-0.4, -0.2) is 26.8 Å². The molecule has 0 unspecified atom stereocenters. The van der Waals surface area contributed by atoms with Gasteiger partial charge in [-0.3, -0.25) is 4.79 Å². The minimum absolute atomic E-state index is 0. The van der Waals surface area contributed by atoms with Gasteiger partial charge in [-0.05, 0) is 37.2 Å². The Bertz CT molecular complexity index is 793. The van der Waals surface area contributed by atoms with Crippen LogP contribution in [0.5, 0.6) is 0 Å². The van der Waals surface area contributed by atoms with E-state index in [0.717, 1.165) is 23.5 Å². The number of imidazole rings is 1. The Hall–Kier alpha value is -0.700. The SMILES string of the molecule is Cc1ccc(-c2cnc([C@@H]3C[C@@H]4C[C@@H]4N3C(=O)[C@@H](C)C(C)C)[nH]2)cc1.S.S.S.S. The minimum Gasteiger partial charge on any atom is -0.340 e. The van der Waals surface area contributed by atoms with E-state index >= 15 is 0 Å². The van der Waals surface area contributed by atoms with Gasteiger partial charge in [0.15, 0.2) is 0 Å². The molecule has 0 bridgehead atoms. The van der Waals surface area contributed by atoms with E-state index in [1.165, 1.54) is 12.0 Å². The fourth-order valence-electron chi connectivity index (χ4n) is 3.92. The van der Waals surface area contributed by atoms with E-state index in [9.17, 15) is 4.79 Å². The summed E-state index contributed by atoms with van der Waals surface area (Å²) in [6, 6.07) is 9.00. The normalized spacial score (nSPS) is 22.4. The molecular formula is C21H35N3OS4. The standard InChI is InChI=1S/C21H27N3O.4H2S/c1-12(2)14(4)21(25)24-18-9-16(18)10-19(24)20-22-11-17(23-20)15-7-5-13(3)6-8-15;;;;/h5-8,11-12,14,16,18-19H,9-10H2,1-4H3,(H,22,23);4*1H2/t14-,16-,18-,19-;;;;/m0..../s1. The number of aromatic nitrogens is 2. The molecule has 29 heavy (non-hydrogen) atoms. The van der Waals surface area contributed by atoms with Crippen LogP contribution in [0.3, 0.4) is 0 Å². The highest BCUT2D eigenvalue weighted by atomic mass is 32.1. The van der Waals surface area contributed by atoms with E-state index < -0.39 is 0 Å². The van der Waals surface area contributed by atoms with Gasteiger partial charge in [0.25, 0.3) is 0 Å². The van der Waals surface area contributed by atoms with Gasteiger partial charge in [0.05, 0.1) is 17.9 Å². The summed E-state index contributed by atoms with van der Waals surface area (Å²) >= 11 is 0. The highest BCUT2D eigenvalue weighted by molar-refractivity contribution is 7.59. The zero-order valence-electron chi connectivity index (χ0n) is 17.5. The molecule has 0 spiro atoms. The second-order valence-electron chi connectivity index (χ2n) is 8.14. The van der Waals surface area contributed by atoms with Crippen molar-refractivity contribution in [2.45, 2.75) is 52.6 Å². The molecule has 1 saturated heterocycles. The molecule has 1 aliphatic carbocycles. The van der Waals surface area contributed by atoms with Crippen molar-refractivity contribution in [3.8, 4) is 11.3 Å². The number of carbonyl (C=O) groups is 1. The molecule has 2 aromatic rings. The number of H-pyrrole nitrogens is 1. The van der Waals surface area contributed by atoms with Crippen LogP contribution in [0.15, 0.2) is 30.5 Å². The molecule has 2 fully saturated rings. The van der Waals surface area contributed by atoms with Gasteiger partial charge in [-0.2, -0.15) is 54.0 Å². The van der Waals surface area contributed by atoms with Crippen LogP contribution in [-0.2, 0) is 4.79 Å². The number of nitrogens with one attached hydrogen (secondary N) is 1. The Labute approximate surface area is 202 Å². The Balaban J connectivity index is 0.00000196. The molecule has 1 N–H and O–H groups in total. The number of amides is 1. The summed E-state index contributed by atoms with van der Waals surface area (Å²) in [5.74, 6) is 2.32. The summed E-state index contributed by atoms with van der Waals surface area (Å²) in [6.45, 7) is 8.40. The maximum atomic E-state index is 13.0. The van der Waals surface area contributed by atoms with Crippen molar-refractivity contribution in [3.05, 3.63) is 41.9 Å². The Morgan fingerprint density at radius 3 is 2.28 bits per heavy atom. The fraction of sp³-hybridized carbons (Fsp3) is 0.524. The number of benzene rings is 1. The minimum atomic E-state index is 0. The summed E-state index contributed by atoms with van der Waals surface area (Å²) in [5, 5.41) is 0. The number of nitrogens with zero attached hydrogens (tertiary/aromatic N) is 2. The van der Waals surface area contributed by atoms with Gasteiger partial charge < -0.3 is 9.88 Å². The van der Waals surface area contributed by atoms with Crippen molar-refractivity contribution in [2.24, 2.45) is 17.8 Å². The molecule has 1 aromatic heterocycles.